The second-order valence-electron chi connectivity index (χ2n) is 5.40. The molecule has 1 heterocycles. The molecule has 1 N–H and O–H groups in total. The maximum Gasteiger partial charge on any atom is 0.0545 e. The highest BCUT2D eigenvalue weighted by Gasteiger charge is 2.34. The molecule has 2 atom stereocenters. The SMILES string of the molecule is CCc1ccc(CC2(C)CCC(O)C2)nc1. The minimum Gasteiger partial charge on any atom is -0.393 e. The maximum absolute atomic E-state index is 9.60. The molecular formula is C14H21NO. The fourth-order valence-electron chi connectivity index (χ4n) is 2.65. The number of hydrogen-bond donors (Lipinski definition) is 1. The van der Waals surface area contributed by atoms with Gasteiger partial charge in [0.05, 0.1) is 6.10 Å². The van der Waals surface area contributed by atoms with E-state index >= 15 is 0 Å². The van der Waals surface area contributed by atoms with Crippen LogP contribution in [-0.4, -0.2) is 16.2 Å². The summed E-state index contributed by atoms with van der Waals surface area (Å²) in [5.74, 6) is 0. The molecule has 2 heteroatoms. The highest BCUT2D eigenvalue weighted by molar-refractivity contribution is 5.15. The van der Waals surface area contributed by atoms with E-state index in [0.717, 1.165) is 37.8 Å². The van der Waals surface area contributed by atoms with Gasteiger partial charge < -0.3 is 5.11 Å². The zero-order chi connectivity index (χ0) is 11.6. The fraction of sp³-hybridized carbons (Fsp3) is 0.643. The van der Waals surface area contributed by atoms with Gasteiger partial charge in [-0.25, -0.2) is 0 Å². The Labute approximate surface area is 97.7 Å². The van der Waals surface area contributed by atoms with Crippen LogP contribution in [0.5, 0.6) is 0 Å². The molecule has 0 amide bonds. The van der Waals surface area contributed by atoms with Gasteiger partial charge in [-0.2, -0.15) is 0 Å². The number of pyridine rings is 1. The zero-order valence-corrected chi connectivity index (χ0v) is 10.2. The topological polar surface area (TPSA) is 33.1 Å². The molecule has 0 spiro atoms. The van der Waals surface area contributed by atoms with Crippen LogP contribution in [0.3, 0.4) is 0 Å². The van der Waals surface area contributed by atoms with Crippen molar-refractivity contribution >= 4 is 0 Å². The number of aliphatic hydroxyl groups excluding tert-OH is 1. The Morgan fingerprint density at radius 2 is 2.31 bits per heavy atom. The monoisotopic (exact) mass is 219 g/mol. The van der Waals surface area contributed by atoms with Crippen LogP contribution in [0.15, 0.2) is 18.3 Å². The molecule has 0 radical (unpaired) electrons. The van der Waals surface area contributed by atoms with Gasteiger partial charge in [-0.05, 0) is 49.1 Å². The smallest absolute Gasteiger partial charge is 0.0545 e. The number of aryl methyl sites for hydroxylation is 1. The third-order valence-corrected chi connectivity index (χ3v) is 3.71. The van der Waals surface area contributed by atoms with Crippen molar-refractivity contribution in [3.63, 3.8) is 0 Å². The summed E-state index contributed by atoms with van der Waals surface area (Å²) in [5.41, 5.74) is 2.70. The van der Waals surface area contributed by atoms with E-state index in [1.807, 2.05) is 6.20 Å². The third kappa shape index (κ3) is 2.62. The number of rotatable bonds is 3. The number of hydrogen-bond acceptors (Lipinski definition) is 2. The van der Waals surface area contributed by atoms with Crippen LogP contribution in [0, 0.1) is 5.41 Å². The average Bonchev–Trinajstić information content (AvgIpc) is 2.59. The molecule has 2 rings (SSSR count). The lowest BCUT2D eigenvalue weighted by Crippen LogP contribution is -2.17. The van der Waals surface area contributed by atoms with Crippen molar-refractivity contribution in [2.45, 2.75) is 52.1 Å². The Bertz CT molecular complexity index is 346. The molecule has 88 valence electrons. The van der Waals surface area contributed by atoms with E-state index in [1.165, 1.54) is 5.56 Å². The molecule has 0 aliphatic heterocycles. The van der Waals surface area contributed by atoms with E-state index in [9.17, 15) is 5.11 Å². The van der Waals surface area contributed by atoms with Crippen molar-refractivity contribution in [3.8, 4) is 0 Å². The van der Waals surface area contributed by atoms with Gasteiger partial charge in [0, 0.05) is 11.9 Å². The second kappa shape index (κ2) is 4.54. The fourth-order valence-corrected chi connectivity index (χ4v) is 2.65. The van der Waals surface area contributed by atoms with Gasteiger partial charge >= 0.3 is 0 Å². The van der Waals surface area contributed by atoms with Gasteiger partial charge in [0.25, 0.3) is 0 Å². The quantitative estimate of drug-likeness (QED) is 0.848. The van der Waals surface area contributed by atoms with E-state index in [0.29, 0.717) is 0 Å². The maximum atomic E-state index is 9.60. The Balaban J connectivity index is 2.03. The first kappa shape index (κ1) is 11.6. The molecular weight excluding hydrogens is 198 g/mol. The van der Waals surface area contributed by atoms with Crippen molar-refractivity contribution < 1.29 is 5.11 Å². The summed E-state index contributed by atoms with van der Waals surface area (Å²) < 4.78 is 0. The molecule has 1 aromatic heterocycles. The van der Waals surface area contributed by atoms with Crippen LogP contribution < -0.4 is 0 Å². The van der Waals surface area contributed by atoms with Crippen LogP contribution in [0.25, 0.3) is 0 Å². The predicted octanol–water partition coefficient (Wildman–Crippen LogP) is 2.74. The summed E-state index contributed by atoms with van der Waals surface area (Å²) in [6, 6.07) is 4.30. The van der Waals surface area contributed by atoms with E-state index in [4.69, 9.17) is 0 Å². The molecule has 2 nitrogen and oxygen atoms in total. The predicted molar refractivity (Wildman–Crippen MR) is 65.3 cm³/mol. The van der Waals surface area contributed by atoms with E-state index in [1.54, 1.807) is 0 Å². The van der Waals surface area contributed by atoms with Crippen LogP contribution in [0.2, 0.25) is 0 Å². The first-order chi connectivity index (χ1) is 7.61. The van der Waals surface area contributed by atoms with E-state index < -0.39 is 0 Å². The van der Waals surface area contributed by atoms with Gasteiger partial charge in [0.15, 0.2) is 0 Å². The average molecular weight is 219 g/mol. The summed E-state index contributed by atoms with van der Waals surface area (Å²) in [7, 11) is 0. The lowest BCUT2D eigenvalue weighted by atomic mass is 9.83. The summed E-state index contributed by atoms with van der Waals surface area (Å²) in [5, 5.41) is 9.60. The third-order valence-electron chi connectivity index (χ3n) is 3.71. The van der Waals surface area contributed by atoms with Gasteiger partial charge in [0.2, 0.25) is 0 Å². The van der Waals surface area contributed by atoms with Gasteiger partial charge in [-0.15, -0.1) is 0 Å². The molecule has 16 heavy (non-hydrogen) atoms. The first-order valence-electron chi connectivity index (χ1n) is 6.23. The zero-order valence-electron chi connectivity index (χ0n) is 10.2. The van der Waals surface area contributed by atoms with E-state index in [2.05, 4.69) is 31.0 Å². The van der Waals surface area contributed by atoms with Crippen LogP contribution in [-0.2, 0) is 12.8 Å². The highest BCUT2D eigenvalue weighted by atomic mass is 16.3. The number of aliphatic hydroxyl groups is 1. The Morgan fingerprint density at radius 1 is 1.50 bits per heavy atom. The van der Waals surface area contributed by atoms with Crippen LogP contribution in [0.1, 0.15) is 44.4 Å². The summed E-state index contributed by atoms with van der Waals surface area (Å²) >= 11 is 0. The second-order valence-corrected chi connectivity index (χ2v) is 5.40. The molecule has 0 aromatic carbocycles. The number of nitrogens with zero attached hydrogens (tertiary/aromatic N) is 1. The summed E-state index contributed by atoms with van der Waals surface area (Å²) in [6.07, 6.45) is 6.90. The van der Waals surface area contributed by atoms with Crippen molar-refractivity contribution in [2.24, 2.45) is 5.41 Å². The molecule has 1 saturated carbocycles. The Kier molecular flexibility index (Phi) is 3.29. The standard InChI is InChI=1S/C14H21NO/c1-3-11-4-5-12(15-10-11)8-14(2)7-6-13(16)9-14/h4-5,10,13,16H,3,6-9H2,1-2H3. The Morgan fingerprint density at radius 3 is 2.81 bits per heavy atom. The van der Waals surface area contributed by atoms with Crippen LogP contribution in [0.4, 0.5) is 0 Å². The van der Waals surface area contributed by atoms with Gasteiger partial charge in [-0.1, -0.05) is 19.9 Å². The Hall–Kier alpha value is -0.890. The summed E-state index contributed by atoms with van der Waals surface area (Å²) in [4.78, 5) is 4.50. The molecule has 1 aliphatic rings. The van der Waals surface area contributed by atoms with E-state index in [-0.39, 0.29) is 11.5 Å². The molecule has 0 saturated heterocycles. The lowest BCUT2D eigenvalue weighted by molar-refractivity contribution is 0.163. The molecule has 1 aliphatic carbocycles. The minimum atomic E-state index is -0.0973. The molecule has 2 unspecified atom stereocenters. The largest absolute Gasteiger partial charge is 0.393 e. The summed E-state index contributed by atoms with van der Waals surface area (Å²) in [6.45, 7) is 4.41. The minimum absolute atomic E-state index is 0.0973. The van der Waals surface area contributed by atoms with Crippen molar-refractivity contribution in [1.29, 1.82) is 0 Å². The number of aromatic nitrogens is 1. The van der Waals surface area contributed by atoms with Crippen molar-refractivity contribution in [2.75, 3.05) is 0 Å². The normalized spacial score (nSPS) is 29.6. The van der Waals surface area contributed by atoms with Gasteiger partial charge in [0.1, 0.15) is 0 Å². The van der Waals surface area contributed by atoms with Gasteiger partial charge in [-0.3, -0.25) is 4.98 Å². The highest BCUT2D eigenvalue weighted by Crippen LogP contribution is 2.40. The van der Waals surface area contributed by atoms with Crippen LogP contribution >= 0.6 is 0 Å². The molecule has 1 aromatic rings. The first-order valence-corrected chi connectivity index (χ1v) is 6.23. The lowest BCUT2D eigenvalue weighted by Gasteiger charge is -2.23. The molecule has 0 bridgehead atoms. The van der Waals surface area contributed by atoms with Crippen molar-refractivity contribution in [1.82, 2.24) is 4.98 Å². The molecule has 1 fully saturated rings. The van der Waals surface area contributed by atoms with Crippen molar-refractivity contribution in [3.05, 3.63) is 29.6 Å².